The zero-order valence-electron chi connectivity index (χ0n) is 9.25. The molecule has 0 saturated carbocycles. The summed E-state index contributed by atoms with van der Waals surface area (Å²) in [5.74, 6) is 0.735. The second-order valence-corrected chi connectivity index (χ2v) is 5.00. The third-order valence-electron chi connectivity index (χ3n) is 2.24. The molecule has 0 aliphatic carbocycles. The molecule has 5 heteroatoms. The summed E-state index contributed by atoms with van der Waals surface area (Å²) in [7, 11) is 0. The summed E-state index contributed by atoms with van der Waals surface area (Å²) >= 11 is 6.44. The number of furan rings is 1. The lowest BCUT2D eigenvalue weighted by molar-refractivity contribution is -0.122. The summed E-state index contributed by atoms with van der Waals surface area (Å²) in [5, 5.41) is 0. The Labute approximate surface area is 109 Å². The van der Waals surface area contributed by atoms with Gasteiger partial charge in [0.25, 0.3) is 5.91 Å². The number of nitrogens with zero attached hydrogens (tertiary/aromatic N) is 1. The molecule has 0 radical (unpaired) electrons. The van der Waals surface area contributed by atoms with Crippen LogP contribution in [0.15, 0.2) is 39.9 Å². The molecular weight excluding hydrogens is 254 g/mol. The third-order valence-corrected chi connectivity index (χ3v) is 3.64. The Morgan fingerprint density at radius 1 is 1.59 bits per heavy atom. The molecule has 1 fully saturated rings. The van der Waals surface area contributed by atoms with Crippen LogP contribution in [0.5, 0.6) is 0 Å². The molecule has 1 aromatic heterocycles. The van der Waals surface area contributed by atoms with Crippen LogP contribution < -0.4 is 0 Å². The van der Waals surface area contributed by atoms with Crippen molar-refractivity contribution in [1.82, 2.24) is 4.90 Å². The molecule has 88 valence electrons. The number of hydrogen-bond acceptors (Lipinski definition) is 4. The van der Waals surface area contributed by atoms with Gasteiger partial charge in [0, 0.05) is 6.54 Å². The molecule has 2 heterocycles. The van der Waals surface area contributed by atoms with Gasteiger partial charge >= 0.3 is 0 Å². The van der Waals surface area contributed by atoms with Crippen molar-refractivity contribution in [3.05, 3.63) is 41.2 Å². The van der Waals surface area contributed by atoms with Gasteiger partial charge in [-0.25, -0.2) is 0 Å². The molecule has 1 aliphatic rings. The van der Waals surface area contributed by atoms with Gasteiger partial charge in [-0.3, -0.25) is 9.69 Å². The molecule has 2 rings (SSSR count). The fourth-order valence-electron chi connectivity index (χ4n) is 1.40. The van der Waals surface area contributed by atoms with E-state index in [9.17, 15) is 4.79 Å². The van der Waals surface area contributed by atoms with Crippen LogP contribution in [0.3, 0.4) is 0 Å². The first-order valence-electron chi connectivity index (χ1n) is 5.18. The highest BCUT2D eigenvalue weighted by atomic mass is 32.2. The van der Waals surface area contributed by atoms with Crippen LogP contribution in [0, 0.1) is 0 Å². The minimum absolute atomic E-state index is 0.0217. The van der Waals surface area contributed by atoms with E-state index in [1.54, 1.807) is 29.4 Å². The average Bonchev–Trinajstić information content (AvgIpc) is 2.89. The first-order valence-corrected chi connectivity index (χ1v) is 6.40. The van der Waals surface area contributed by atoms with E-state index in [0.717, 1.165) is 5.76 Å². The van der Waals surface area contributed by atoms with E-state index in [4.69, 9.17) is 16.6 Å². The Hall–Kier alpha value is -1.33. The summed E-state index contributed by atoms with van der Waals surface area (Å²) in [6.07, 6.45) is 6.97. The summed E-state index contributed by atoms with van der Waals surface area (Å²) in [5.41, 5.74) is 0. The minimum atomic E-state index is -0.0217. The van der Waals surface area contributed by atoms with Crippen LogP contribution in [0.4, 0.5) is 0 Å². The number of likely N-dealkylation sites (N-methyl/N-ethyl adjacent to an activating group) is 1. The zero-order chi connectivity index (χ0) is 12.3. The van der Waals surface area contributed by atoms with Gasteiger partial charge < -0.3 is 4.42 Å². The lowest BCUT2D eigenvalue weighted by Gasteiger charge is -2.09. The highest BCUT2D eigenvalue weighted by molar-refractivity contribution is 8.26. The van der Waals surface area contributed by atoms with E-state index < -0.39 is 0 Å². The van der Waals surface area contributed by atoms with Crippen molar-refractivity contribution in [1.29, 1.82) is 0 Å². The number of thiocarbonyl (C=S) groups is 1. The van der Waals surface area contributed by atoms with E-state index in [0.29, 0.717) is 15.8 Å². The van der Waals surface area contributed by atoms with Gasteiger partial charge in [-0.15, -0.1) is 0 Å². The third kappa shape index (κ3) is 2.68. The van der Waals surface area contributed by atoms with Gasteiger partial charge in [0.1, 0.15) is 10.1 Å². The van der Waals surface area contributed by atoms with E-state index >= 15 is 0 Å². The van der Waals surface area contributed by atoms with Gasteiger partial charge in [-0.05, 0) is 31.2 Å². The Morgan fingerprint density at radius 2 is 2.41 bits per heavy atom. The molecule has 0 unspecified atom stereocenters. The topological polar surface area (TPSA) is 33.5 Å². The van der Waals surface area contributed by atoms with Gasteiger partial charge in [0.05, 0.1) is 11.2 Å². The Morgan fingerprint density at radius 3 is 3.00 bits per heavy atom. The molecule has 1 amide bonds. The smallest absolute Gasteiger partial charge is 0.266 e. The van der Waals surface area contributed by atoms with Crippen molar-refractivity contribution in [2.24, 2.45) is 0 Å². The molecule has 0 atom stereocenters. The molecule has 0 N–H and O–H groups in total. The second-order valence-electron chi connectivity index (χ2n) is 3.32. The maximum atomic E-state index is 11.8. The zero-order valence-corrected chi connectivity index (χ0v) is 10.9. The Bertz CT molecular complexity index is 489. The number of thioether (sulfide) groups is 1. The van der Waals surface area contributed by atoms with E-state index in [-0.39, 0.29) is 5.91 Å². The van der Waals surface area contributed by atoms with Crippen molar-refractivity contribution < 1.29 is 9.21 Å². The normalized spacial score (nSPS) is 18.9. The van der Waals surface area contributed by atoms with E-state index in [1.807, 2.05) is 19.1 Å². The summed E-state index contributed by atoms with van der Waals surface area (Å²) in [6, 6.07) is 3.66. The number of allylic oxidation sites excluding steroid dienone is 2. The average molecular weight is 265 g/mol. The van der Waals surface area contributed by atoms with Crippen molar-refractivity contribution in [2.45, 2.75) is 6.92 Å². The number of amides is 1. The number of hydrogen-bond donors (Lipinski definition) is 0. The SMILES string of the molecule is CCN1C(=O)/C(=C\C=C\c2ccco2)SC1=S. The molecular formula is C12H11NO2S2. The maximum absolute atomic E-state index is 11.8. The Kier molecular flexibility index (Phi) is 3.81. The minimum Gasteiger partial charge on any atom is -0.465 e. The van der Waals surface area contributed by atoms with Crippen LogP contribution in [-0.2, 0) is 4.79 Å². The van der Waals surface area contributed by atoms with Gasteiger partial charge in [-0.1, -0.05) is 30.1 Å². The van der Waals surface area contributed by atoms with Crippen molar-refractivity contribution in [3.8, 4) is 0 Å². The van der Waals surface area contributed by atoms with Gasteiger partial charge in [-0.2, -0.15) is 0 Å². The van der Waals surface area contributed by atoms with Crippen molar-refractivity contribution in [3.63, 3.8) is 0 Å². The fraction of sp³-hybridized carbons (Fsp3) is 0.167. The number of carbonyl (C=O) groups excluding carboxylic acids is 1. The van der Waals surface area contributed by atoms with Crippen molar-refractivity contribution in [2.75, 3.05) is 6.54 Å². The Balaban J connectivity index is 2.09. The molecule has 1 aromatic rings. The fourth-order valence-corrected chi connectivity index (χ4v) is 2.74. The molecule has 0 bridgehead atoms. The van der Waals surface area contributed by atoms with E-state index in [2.05, 4.69) is 0 Å². The van der Waals surface area contributed by atoms with Crippen LogP contribution in [0.1, 0.15) is 12.7 Å². The number of rotatable bonds is 3. The second kappa shape index (κ2) is 5.33. The van der Waals surface area contributed by atoms with E-state index in [1.165, 1.54) is 11.8 Å². The van der Waals surface area contributed by atoms with Crippen LogP contribution in [0.2, 0.25) is 0 Å². The van der Waals surface area contributed by atoms with Gasteiger partial charge in [0.2, 0.25) is 0 Å². The van der Waals surface area contributed by atoms with Crippen molar-refractivity contribution >= 4 is 40.3 Å². The number of carbonyl (C=O) groups is 1. The lowest BCUT2D eigenvalue weighted by atomic mass is 10.3. The quantitative estimate of drug-likeness (QED) is 0.621. The maximum Gasteiger partial charge on any atom is 0.266 e. The molecule has 17 heavy (non-hydrogen) atoms. The molecule has 3 nitrogen and oxygen atoms in total. The summed E-state index contributed by atoms with van der Waals surface area (Å²) < 4.78 is 5.76. The van der Waals surface area contributed by atoms with Crippen LogP contribution in [0.25, 0.3) is 6.08 Å². The van der Waals surface area contributed by atoms with Gasteiger partial charge in [0.15, 0.2) is 0 Å². The predicted molar refractivity (Wildman–Crippen MR) is 73.4 cm³/mol. The highest BCUT2D eigenvalue weighted by Crippen LogP contribution is 2.30. The highest BCUT2D eigenvalue weighted by Gasteiger charge is 2.29. The molecule has 0 spiro atoms. The summed E-state index contributed by atoms with van der Waals surface area (Å²) in [6.45, 7) is 2.52. The van der Waals surface area contributed by atoms with Crippen LogP contribution in [-0.4, -0.2) is 21.7 Å². The predicted octanol–water partition coefficient (Wildman–Crippen LogP) is 3.06. The monoisotopic (exact) mass is 265 g/mol. The first-order chi connectivity index (χ1) is 8.22. The summed E-state index contributed by atoms with van der Waals surface area (Å²) in [4.78, 5) is 14.1. The lowest BCUT2D eigenvalue weighted by Crippen LogP contribution is -2.27. The molecule has 1 aliphatic heterocycles. The van der Waals surface area contributed by atoms with Crippen LogP contribution >= 0.6 is 24.0 Å². The standard InChI is InChI=1S/C12H11NO2S2/c1-2-13-11(14)10(17-12(13)16)7-3-5-9-6-4-8-15-9/h3-8H,2H2,1H3/b5-3+,10-7+. The molecule has 0 aromatic carbocycles. The molecule has 1 saturated heterocycles. The largest absolute Gasteiger partial charge is 0.465 e. The first kappa shape index (κ1) is 12.1.